The fraction of sp³-hybridized carbons (Fsp3) is 0.348. The molecule has 1 aliphatic rings. The summed E-state index contributed by atoms with van der Waals surface area (Å²) in [7, 11) is 4.45. The van der Waals surface area contributed by atoms with Gasteiger partial charge in [0.2, 0.25) is 0 Å². The Hall–Kier alpha value is -2.39. The van der Waals surface area contributed by atoms with Crippen molar-refractivity contribution in [2.24, 2.45) is 7.05 Å². The molecular weight excluding hydrogens is 318 g/mol. The van der Waals surface area contributed by atoms with Gasteiger partial charge in [0.15, 0.2) is 0 Å². The van der Waals surface area contributed by atoms with Crippen LogP contribution in [0.15, 0.2) is 30.5 Å². The minimum Gasteiger partial charge on any atom is -0.347 e. The van der Waals surface area contributed by atoms with E-state index in [4.69, 9.17) is 0 Å². The monoisotopic (exact) mass is 345 g/mol. The predicted octanol–water partition coefficient (Wildman–Crippen LogP) is 4.39. The summed E-state index contributed by atoms with van der Waals surface area (Å²) in [4.78, 5) is 6.84. The van der Waals surface area contributed by atoms with Crippen molar-refractivity contribution in [3.8, 4) is 0 Å². The summed E-state index contributed by atoms with van der Waals surface area (Å²) in [6, 6.07) is 8.85. The third-order valence-corrected chi connectivity index (χ3v) is 5.56. The largest absolute Gasteiger partial charge is 0.347 e. The van der Waals surface area contributed by atoms with E-state index in [1.165, 1.54) is 27.7 Å². The second-order valence-corrected chi connectivity index (χ2v) is 7.60. The number of rotatable bonds is 2. The van der Waals surface area contributed by atoms with E-state index in [-0.39, 0.29) is 0 Å². The number of fused-ring (bicyclic) bond motifs is 3. The molecule has 3 heterocycles. The number of aromatic nitrogens is 2. The highest BCUT2D eigenvalue weighted by Crippen LogP contribution is 2.32. The highest BCUT2D eigenvalue weighted by Gasteiger charge is 2.20. The zero-order chi connectivity index (χ0) is 18.3. The summed E-state index contributed by atoms with van der Waals surface area (Å²) in [6.45, 7) is 6.50. The van der Waals surface area contributed by atoms with Crippen LogP contribution in [0.5, 0.6) is 0 Å². The summed E-state index contributed by atoms with van der Waals surface area (Å²) in [5, 5.41) is 1.43. The molecule has 2 aromatic heterocycles. The van der Waals surface area contributed by atoms with Crippen LogP contribution in [0.4, 0.5) is 0 Å². The van der Waals surface area contributed by atoms with Crippen molar-refractivity contribution in [2.45, 2.75) is 26.7 Å². The van der Waals surface area contributed by atoms with Crippen molar-refractivity contribution in [3.05, 3.63) is 64.1 Å². The van der Waals surface area contributed by atoms with Gasteiger partial charge >= 0.3 is 0 Å². The maximum absolute atomic E-state index is 4.40. The van der Waals surface area contributed by atoms with E-state index < -0.39 is 0 Å². The molecule has 26 heavy (non-hydrogen) atoms. The molecule has 0 N–H and O–H groups in total. The van der Waals surface area contributed by atoms with Gasteiger partial charge in [0, 0.05) is 49.5 Å². The lowest BCUT2D eigenvalue weighted by molar-refractivity contribution is 0.351. The molecule has 0 amide bonds. The quantitative estimate of drug-likeness (QED) is 0.687. The molecule has 3 nitrogen and oxygen atoms in total. The van der Waals surface area contributed by atoms with Crippen LogP contribution >= 0.6 is 0 Å². The Morgan fingerprint density at radius 1 is 1.00 bits per heavy atom. The van der Waals surface area contributed by atoms with Gasteiger partial charge in [-0.3, -0.25) is 4.98 Å². The zero-order valence-electron chi connectivity index (χ0n) is 16.2. The Balaban J connectivity index is 1.83. The fourth-order valence-electron chi connectivity index (χ4n) is 4.10. The summed E-state index contributed by atoms with van der Waals surface area (Å²) in [5.41, 5.74) is 9.22. The molecule has 0 radical (unpaired) electrons. The second-order valence-electron chi connectivity index (χ2n) is 7.60. The Bertz CT molecular complexity index is 977. The Kier molecular flexibility index (Phi) is 4.41. The van der Waals surface area contributed by atoms with Crippen LogP contribution in [-0.2, 0) is 19.9 Å². The molecule has 3 aromatic rings. The molecule has 0 bridgehead atoms. The standard InChI is InChI=1S/C23H27N3/c1-16-13-19(8-7-18-6-5-17(2)24-15-18)23-21(14-16)20-9-11-25(3)12-10-22(20)26(23)4/h5-8,13-15H,9-12H2,1-4H3. The lowest BCUT2D eigenvalue weighted by Gasteiger charge is -2.13. The van der Waals surface area contributed by atoms with Gasteiger partial charge in [0.1, 0.15) is 0 Å². The number of hydrogen-bond acceptors (Lipinski definition) is 2. The molecule has 0 unspecified atom stereocenters. The minimum atomic E-state index is 1.05. The van der Waals surface area contributed by atoms with E-state index >= 15 is 0 Å². The van der Waals surface area contributed by atoms with E-state index in [2.05, 4.69) is 71.9 Å². The van der Waals surface area contributed by atoms with E-state index in [1.54, 1.807) is 5.56 Å². The van der Waals surface area contributed by atoms with Gasteiger partial charge in [0.25, 0.3) is 0 Å². The van der Waals surface area contributed by atoms with E-state index in [1.807, 2.05) is 13.1 Å². The molecule has 0 aliphatic carbocycles. The third kappa shape index (κ3) is 3.08. The lowest BCUT2D eigenvalue weighted by atomic mass is 10.0. The van der Waals surface area contributed by atoms with Crippen LogP contribution in [0.25, 0.3) is 23.1 Å². The Labute approximate surface area is 156 Å². The van der Waals surface area contributed by atoms with Gasteiger partial charge in [-0.05, 0) is 67.8 Å². The van der Waals surface area contributed by atoms with E-state index in [0.29, 0.717) is 0 Å². The number of nitrogens with zero attached hydrogens (tertiary/aromatic N) is 3. The zero-order valence-corrected chi connectivity index (χ0v) is 16.2. The second kappa shape index (κ2) is 6.73. The summed E-state index contributed by atoms with van der Waals surface area (Å²) in [5.74, 6) is 0. The van der Waals surface area contributed by atoms with Crippen molar-refractivity contribution in [3.63, 3.8) is 0 Å². The smallest absolute Gasteiger partial charge is 0.0556 e. The Morgan fingerprint density at radius 2 is 1.81 bits per heavy atom. The van der Waals surface area contributed by atoms with Crippen molar-refractivity contribution in [1.82, 2.24) is 14.5 Å². The molecular formula is C23H27N3. The lowest BCUT2D eigenvalue weighted by Crippen LogP contribution is -2.21. The molecule has 4 rings (SSSR count). The molecule has 0 atom stereocenters. The number of likely N-dealkylation sites (N-methyl/N-ethyl adjacent to an activating group) is 1. The highest BCUT2D eigenvalue weighted by molar-refractivity contribution is 5.95. The number of benzene rings is 1. The van der Waals surface area contributed by atoms with Gasteiger partial charge in [-0.25, -0.2) is 0 Å². The van der Waals surface area contributed by atoms with Crippen LogP contribution in [0.1, 0.15) is 33.6 Å². The van der Waals surface area contributed by atoms with Crippen LogP contribution in [0, 0.1) is 13.8 Å². The van der Waals surface area contributed by atoms with Crippen LogP contribution in [0.3, 0.4) is 0 Å². The van der Waals surface area contributed by atoms with Gasteiger partial charge in [-0.2, -0.15) is 0 Å². The van der Waals surface area contributed by atoms with Crippen molar-refractivity contribution < 1.29 is 0 Å². The third-order valence-electron chi connectivity index (χ3n) is 5.56. The Morgan fingerprint density at radius 3 is 2.58 bits per heavy atom. The SMILES string of the molecule is Cc1cc(C=Cc2ccc(C)nc2)c2c(c1)c1c(n2C)CCN(C)CC1. The average molecular weight is 345 g/mol. The molecule has 0 fully saturated rings. The molecule has 3 heteroatoms. The van der Waals surface area contributed by atoms with Gasteiger partial charge in [0.05, 0.1) is 5.52 Å². The fourth-order valence-corrected chi connectivity index (χ4v) is 4.10. The first-order valence-corrected chi connectivity index (χ1v) is 9.43. The van der Waals surface area contributed by atoms with Crippen LogP contribution < -0.4 is 0 Å². The topological polar surface area (TPSA) is 21.1 Å². The summed E-state index contributed by atoms with van der Waals surface area (Å²) >= 11 is 0. The molecule has 134 valence electrons. The molecule has 1 aromatic carbocycles. The van der Waals surface area contributed by atoms with Crippen LogP contribution in [-0.4, -0.2) is 34.6 Å². The predicted molar refractivity (Wildman–Crippen MR) is 110 cm³/mol. The maximum Gasteiger partial charge on any atom is 0.0556 e. The molecule has 0 saturated carbocycles. The summed E-state index contributed by atoms with van der Waals surface area (Å²) < 4.78 is 2.43. The highest BCUT2D eigenvalue weighted by atomic mass is 15.1. The van der Waals surface area contributed by atoms with E-state index in [0.717, 1.165) is 37.2 Å². The van der Waals surface area contributed by atoms with Crippen LogP contribution in [0.2, 0.25) is 0 Å². The average Bonchev–Trinajstić information content (AvgIpc) is 2.76. The van der Waals surface area contributed by atoms with Gasteiger partial charge < -0.3 is 9.47 Å². The van der Waals surface area contributed by atoms with Gasteiger partial charge in [-0.15, -0.1) is 0 Å². The number of hydrogen-bond donors (Lipinski definition) is 0. The first-order chi connectivity index (χ1) is 12.5. The van der Waals surface area contributed by atoms with E-state index in [9.17, 15) is 0 Å². The maximum atomic E-state index is 4.40. The molecule has 1 aliphatic heterocycles. The number of aryl methyl sites for hydroxylation is 3. The molecule has 0 spiro atoms. The van der Waals surface area contributed by atoms with Crippen molar-refractivity contribution >= 4 is 23.1 Å². The van der Waals surface area contributed by atoms with Crippen molar-refractivity contribution in [2.75, 3.05) is 20.1 Å². The van der Waals surface area contributed by atoms with Gasteiger partial charge in [-0.1, -0.05) is 18.2 Å². The first kappa shape index (κ1) is 17.0. The summed E-state index contributed by atoms with van der Waals surface area (Å²) in [6.07, 6.45) is 8.62. The number of pyridine rings is 1. The normalized spacial score (nSPS) is 15.5. The molecule has 0 saturated heterocycles. The first-order valence-electron chi connectivity index (χ1n) is 9.43. The van der Waals surface area contributed by atoms with Crippen molar-refractivity contribution in [1.29, 1.82) is 0 Å². The minimum absolute atomic E-state index is 1.05.